The third-order valence-corrected chi connectivity index (χ3v) is 3.22. The smallest absolute Gasteiger partial charge is 0.224 e. The van der Waals surface area contributed by atoms with Crippen molar-refractivity contribution in [3.63, 3.8) is 0 Å². The van der Waals surface area contributed by atoms with Gasteiger partial charge in [-0.15, -0.1) is 12.4 Å². The van der Waals surface area contributed by atoms with Gasteiger partial charge in [0.2, 0.25) is 5.91 Å². The number of hydrogen-bond acceptors (Lipinski definition) is 2. The van der Waals surface area contributed by atoms with E-state index < -0.39 is 0 Å². The molecule has 5 heteroatoms. The summed E-state index contributed by atoms with van der Waals surface area (Å²) in [6, 6.07) is 7.51. The summed E-state index contributed by atoms with van der Waals surface area (Å²) in [5.41, 5.74) is 6.71. The zero-order chi connectivity index (χ0) is 12.8. The average molecular weight is 291 g/mol. The maximum Gasteiger partial charge on any atom is 0.224 e. The molecule has 2 unspecified atom stereocenters. The van der Waals surface area contributed by atoms with E-state index >= 15 is 0 Å². The van der Waals surface area contributed by atoms with E-state index in [1.165, 1.54) is 0 Å². The third-order valence-electron chi connectivity index (χ3n) is 2.85. The van der Waals surface area contributed by atoms with Crippen molar-refractivity contribution in [2.45, 2.75) is 26.3 Å². The number of benzene rings is 1. The second-order valence-electron chi connectivity index (χ2n) is 4.28. The van der Waals surface area contributed by atoms with Gasteiger partial charge in [-0.05, 0) is 25.0 Å². The molecule has 1 amide bonds. The fraction of sp³-hybridized carbons (Fsp3) is 0.462. The lowest BCUT2D eigenvalue weighted by molar-refractivity contribution is -0.124. The molecule has 0 aliphatic carbocycles. The number of rotatable bonds is 5. The highest BCUT2D eigenvalue weighted by molar-refractivity contribution is 6.31. The van der Waals surface area contributed by atoms with Gasteiger partial charge in [0.05, 0.1) is 0 Å². The van der Waals surface area contributed by atoms with Gasteiger partial charge in [-0.25, -0.2) is 0 Å². The highest BCUT2D eigenvalue weighted by atomic mass is 35.5. The van der Waals surface area contributed by atoms with Crippen LogP contribution in [0.3, 0.4) is 0 Å². The summed E-state index contributed by atoms with van der Waals surface area (Å²) in [5, 5.41) is 3.60. The van der Waals surface area contributed by atoms with Crippen molar-refractivity contribution >= 4 is 29.9 Å². The maximum absolute atomic E-state index is 11.6. The van der Waals surface area contributed by atoms with Crippen molar-refractivity contribution in [3.8, 4) is 0 Å². The quantitative estimate of drug-likeness (QED) is 0.875. The standard InChI is InChI=1S/C13H19ClN2O.ClH/c1-9(10(2)15)13(17)16-8-7-11-5-3-4-6-12(11)14;/h3-6,9-10H,7-8,15H2,1-2H3,(H,16,17);1H. The minimum absolute atomic E-state index is 0. The lowest BCUT2D eigenvalue weighted by atomic mass is 10.0. The number of halogens is 2. The van der Waals surface area contributed by atoms with Crippen LogP contribution >= 0.6 is 24.0 Å². The fourth-order valence-corrected chi connectivity index (χ4v) is 1.65. The molecule has 18 heavy (non-hydrogen) atoms. The number of hydrogen-bond donors (Lipinski definition) is 2. The van der Waals surface area contributed by atoms with E-state index in [2.05, 4.69) is 5.32 Å². The molecule has 0 saturated heterocycles. The van der Waals surface area contributed by atoms with Crippen LogP contribution in [0.4, 0.5) is 0 Å². The zero-order valence-corrected chi connectivity index (χ0v) is 12.2. The summed E-state index contributed by atoms with van der Waals surface area (Å²) in [6.07, 6.45) is 0.733. The van der Waals surface area contributed by atoms with Gasteiger partial charge in [0, 0.05) is 23.5 Å². The Morgan fingerprint density at radius 2 is 2.00 bits per heavy atom. The van der Waals surface area contributed by atoms with Crippen molar-refractivity contribution in [2.75, 3.05) is 6.54 Å². The number of carbonyl (C=O) groups excluding carboxylic acids is 1. The Balaban J connectivity index is 0.00000289. The number of carbonyl (C=O) groups is 1. The SMILES string of the molecule is CC(N)C(C)C(=O)NCCc1ccccc1Cl.Cl. The molecule has 3 N–H and O–H groups in total. The molecule has 3 nitrogen and oxygen atoms in total. The van der Waals surface area contributed by atoms with Crippen LogP contribution < -0.4 is 11.1 Å². The molecule has 0 saturated carbocycles. The summed E-state index contributed by atoms with van der Waals surface area (Å²) in [5.74, 6) is -0.173. The highest BCUT2D eigenvalue weighted by Gasteiger charge is 2.16. The molecule has 0 aromatic heterocycles. The topological polar surface area (TPSA) is 55.1 Å². The van der Waals surface area contributed by atoms with E-state index in [1.54, 1.807) is 0 Å². The minimum Gasteiger partial charge on any atom is -0.355 e. The van der Waals surface area contributed by atoms with E-state index in [4.69, 9.17) is 17.3 Å². The van der Waals surface area contributed by atoms with Gasteiger partial charge in [0.25, 0.3) is 0 Å². The Morgan fingerprint density at radius 3 is 2.56 bits per heavy atom. The van der Waals surface area contributed by atoms with Crippen molar-refractivity contribution in [2.24, 2.45) is 11.7 Å². The van der Waals surface area contributed by atoms with E-state index in [0.717, 1.165) is 17.0 Å². The van der Waals surface area contributed by atoms with Gasteiger partial charge >= 0.3 is 0 Å². The van der Waals surface area contributed by atoms with Crippen LogP contribution in [-0.2, 0) is 11.2 Å². The molecule has 0 spiro atoms. The number of nitrogens with one attached hydrogen (secondary N) is 1. The Bertz CT molecular complexity index is 383. The first-order valence-electron chi connectivity index (χ1n) is 5.79. The van der Waals surface area contributed by atoms with Crippen molar-refractivity contribution in [1.29, 1.82) is 0 Å². The summed E-state index contributed by atoms with van der Waals surface area (Å²) in [4.78, 5) is 11.6. The van der Waals surface area contributed by atoms with Gasteiger partial charge in [-0.1, -0.05) is 36.7 Å². The van der Waals surface area contributed by atoms with Gasteiger partial charge in [0.1, 0.15) is 0 Å². The fourth-order valence-electron chi connectivity index (χ4n) is 1.42. The lowest BCUT2D eigenvalue weighted by Crippen LogP contribution is -2.39. The Kier molecular flexibility index (Phi) is 8.00. The molecule has 102 valence electrons. The normalized spacial score (nSPS) is 13.3. The van der Waals surface area contributed by atoms with Crippen LogP contribution in [0.25, 0.3) is 0 Å². The average Bonchev–Trinajstić information content (AvgIpc) is 2.30. The molecule has 0 radical (unpaired) electrons. The largest absolute Gasteiger partial charge is 0.355 e. The second kappa shape index (κ2) is 8.35. The van der Waals surface area contributed by atoms with Gasteiger partial charge in [0.15, 0.2) is 0 Å². The summed E-state index contributed by atoms with van der Waals surface area (Å²) in [6.45, 7) is 4.24. The van der Waals surface area contributed by atoms with Crippen molar-refractivity contribution in [3.05, 3.63) is 34.9 Å². The van der Waals surface area contributed by atoms with E-state index in [1.807, 2.05) is 38.1 Å². The van der Waals surface area contributed by atoms with Crippen LogP contribution in [0.2, 0.25) is 5.02 Å². The number of nitrogens with two attached hydrogens (primary N) is 1. The first-order valence-corrected chi connectivity index (χ1v) is 6.17. The summed E-state index contributed by atoms with van der Waals surface area (Å²) in [7, 11) is 0. The molecular formula is C13H20Cl2N2O. The monoisotopic (exact) mass is 290 g/mol. The Morgan fingerprint density at radius 1 is 1.39 bits per heavy atom. The Hall–Kier alpha value is -0.770. The second-order valence-corrected chi connectivity index (χ2v) is 4.69. The molecule has 0 aliphatic heterocycles. The molecular weight excluding hydrogens is 271 g/mol. The molecule has 0 fully saturated rings. The van der Waals surface area contributed by atoms with Crippen LogP contribution in [-0.4, -0.2) is 18.5 Å². The molecule has 0 heterocycles. The van der Waals surface area contributed by atoms with Crippen LogP contribution in [0.15, 0.2) is 24.3 Å². The molecule has 1 aromatic rings. The van der Waals surface area contributed by atoms with Crippen LogP contribution in [0, 0.1) is 5.92 Å². The summed E-state index contributed by atoms with van der Waals surface area (Å²) < 4.78 is 0. The predicted molar refractivity (Wildman–Crippen MR) is 78.2 cm³/mol. The van der Waals surface area contributed by atoms with Crippen LogP contribution in [0.1, 0.15) is 19.4 Å². The summed E-state index contributed by atoms with van der Waals surface area (Å²) >= 11 is 6.02. The molecule has 1 aromatic carbocycles. The lowest BCUT2D eigenvalue weighted by Gasteiger charge is -2.15. The third kappa shape index (κ3) is 5.25. The molecule has 0 bridgehead atoms. The van der Waals surface area contributed by atoms with E-state index in [-0.39, 0.29) is 30.3 Å². The predicted octanol–water partition coefficient (Wildman–Crippen LogP) is 2.40. The zero-order valence-electron chi connectivity index (χ0n) is 10.7. The van der Waals surface area contributed by atoms with Gasteiger partial charge < -0.3 is 11.1 Å². The van der Waals surface area contributed by atoms with E-state index in [9.17, 15) is 4.79 Å². The van der Waals surface area contributed by atoms with Gasteiger partial charge in [-0.2, -0.15) is 0 Å². The molecule has 0 aliphatic rings. The molecule has 2 atom stereocenters. The van der Waals surface area contributed by atoms with Crippen LogP contribution in [0.5, 0.6) is 0 Å². The van der Waals surface area contributed by atoms with Crippen molar-refractivity contribution < 1.29 is 4.79 Å². The van der Waals surface area contributed by atoms with Gasteiger partial charge in [-0.3, -0.25) is 4.79 Å². The first kappa shape index (κ1) is 17.2. The Labute approximate surface area is 119 Å². The highest BCUT2D eigenvalue weighted by Crippen LogP contribution is 2.14. The van der Waals surface area contributed by atoms with E-state index in [0.29, 0.717) is 6.54 Å². The number of amides is 1. The minimum atomic E-state index is -0.166. The maximum atomic E-state index is 11.6. The first-order chi connectivity index (χ1) is 8.02. The van der Waals surface area contributed by atoms with Crippen molar-refractivity contribution in [1.82, 2.24) is 5.32 Å². The molecule has 1 rings (SSSR count).